The molecule has 4 nitrogen and oxygen atoms in total. The third kappa shape index (κ3) is 2.06. The molecule has 1 aromatic rings. The van der Waals surface area contributed by atoms with E-state index < -0.39 is 0 Å². The molecule has 0 bridgehead atoms. The minimum atomic E-state index is -0.00352. The van der Waals surface area contributed by atoms with Gasteiger partial charge in [0.2, 0.25) is 0 Å². The van der Waals surface area contributed by atoms with Crippen molar-refractivity contribution in [2.24, 2.45) is 11.7 Å². The summed E-state index contributed by atoms with van der Waals surface area (Å²) in [6.07, 6.45) is 1.74. The molecule has 0 fully saturated rings. The van der Waals surface area contributed by atoms with Crippen LogP contribution in [0.25, 0.3) is 0 Å². The standard InChI is InChI=1S/C9H18N4/c1-6(2)8(4)13-9(7(3)10)5-11-12-13/h5-8H,10H2,1-4H3/t7-,8?/m1/s1. The van der Waals surface area contributed by atoms with Crippen LogP contribution in [0.15, 0.2) is 6.20 Å². The average molecular weight is 182 g/mol. The zero-order chi connectivity index (χ0) is 10.0. The molecule has 0 amide bonds. The van der Waals surface area contributed by atoms with Gasteiger partial charge in [-0.3, -0.25) is 0 Å². The van der Waals surface area contributed by atoms with Crippen molar-refractivity contribution in [2.45, 2.75) is 39.8 Å². The van der Waals surface area contributed by atoms with Gasteiger partial charge in [0.1, 0.15) is 0 Å². The molecule has 0 aromatic carbocycles. The zero-order valence-corrected chi connectivity index (χ0v) is 8.73. The van der Waals surface area contributed by atoms with Crippen molar-refractivity contribution in [1.82, 2.24) is 15.0 Å². The largest absolute Gasteiger partial charge is 0.323 e. The Bertz CT molecular complexity index is 264. The second-order valence-corrected chi connectivity index (χ2v) is 3.88. The monoisotopic (exact) mass is 182 g/mol. The van der Waals surface area contributed by atoms with Gasteiger partial charge in [-0.25, -0.2) is 4.68 Å². The van der Waals surface area contributed by atoms with E-state index in [1.54, 1.807) is 6.20 Å². The lowest BCUT2D eigenvalue weighted by atomic mass is 10.1. The van der Waals surface area contributed by atoms with Gasteiger partial charge in [0.15, 0.2) is 0 Å². The van der Waals surface area contributed by atoms with E-state index in [4.69, 9.17) is 5.73 Å². The molecule has 2 N–H and O–H groups in total. The fourth-order valence-corrected chi connectivity index (χ4v) is 1.18. The molecule has 2 atom stereocenters. The third-order valence-corrected chi connectivity index (χ3v) is 2.42. The maximum atomic E-state index is 5.80. The van der Waals surface area contributed by atoms with E-state index >= 15 is 0 Å². The third-order valence-electron chi connectivity index (χ3n) is 2.42. The van der Waals surface area contributed by atoms with Crippen molar-refractivity contribution >= 4 is 0 Å². The lowest BCUT2D eigenvalue weighted by molar-refractivity contribution is 0.353. The van der Waals surface area contributed by atoms with E-state index in [0.717, 1.165) is 5.69 Å². The number of nitrogens with zero attached hydrogens (tertiary/aromatic N) is 3. The van der Waals surface area contributed by atoms with Crippen molar-refractivity contribution in [3.05, 3.63) is 11.9 Å². The van der Waals surface area contributed by atoms with Crippen LogP contribution in [0.4, 0.5) is 0 Å². The lowest BCUT2D eigenvalue weighted by Gasteiger charge is -2.19. The predicted molar refractivity (Wildman–Crippen MR) is 52.2 cm³/mol. The average Bonchev–Trinajstić information content (AvgIpc) is 2.50. The molecule has 0 aliphatic carbocycles. The van der Waals surface area contributed by atoms with E-state index in [1.807, 2.05) is 11.6 Å². The molecule has 13 heavy (non-hydrogen) atoms. The maximum Gasteiger partial charge on any atom is 0.0754 e. The van der Waals surface area contributed by atoms with Crippen molar-refractivity contribution in [3.63, 3.8) is 0 Å². The first-order valence-corrected chi connectivity index (χ1v) is 4.69. The molecule has 1 aromatic heterocycles. The summed E-state index contributed by atoms with van der Waals surface area (Å²) in [6, 6.07) is 0.347. The second kappa shape index (κ2) is 3.87. The first-order valence-electron chi connectivity index (χ1n) is 4.69. The van der Waals surface area contributed by atoms with Crippen LogP contribution < -0.4 is 5.73 Å². The van der Waals surface area contributed by atoms with Gasteiger partial charge in [-0.15, -0.1) is 5.10 Å². The van der Waals surface area contributed by atoms with Gasteiger partial charge in [0.05, 0.1) is 17.9 Å². The van der Waals surface area contributed by atoms with E-state index in [9.17, 15) is 0 Å². The van der Waals surface area contributed by atoms with Crippen LogP contribution in [0.2, 0.25) is 0 Å². The van der Waals surface area contributed by atoms with Crippen molar-refractivity contribution in [1.29, 1.82) is 0 Å². The highest BCUT2D eigenvalue weighted by atomic mass is 15.4. The van der Waals surface area contributed by atoms with Gasteiger partial charge >= 0.3 is 0 Å². The number of rotatable bonds is 3. The number of nitrogens with two attached hydrogens (primary N) is 1. The van der Waals surface area contributed by atoms with Crippen LogP contribution in [-0.4, -0.2) is 15.0 Å². The zero-order valence-electron chi connectivity index (χ0n) is 8.73. The van der Waals surface area contributed by atoms with Crippen molar-refractivity contribution in [2.75, 3.05) is 0 Å². The highest BCUT2D eigenvalue weighted by Crippen LogP contribution is 2.19. The summed E-state index contributed by atoms with van der Waals surface area (Å²) in [5, 5.41) is 7.93. The van der Waals surface area contributed by atoms with Crippen LogP contribution >= 0.6 is 0 Å². The van der Waals surface area contributed by atoms with Gasteiger partial charge in [-0.1, -0.05) is 19.1 Å². The normalized spacial score (nSPS) is 16.2. The predicted octanol–water partition coefficient (Wildman–Crippen LogP) is 1.51. The smallest absolute Gasteiger partial charge is 0.0754 e. The number of hydrogen-bond donors (Lipinski definition) is 1. The summed E-state index contributed by atoms with van der Waals surface area (Å²) in [6.45, 7) is 8.40. The number of aromatic nitrogens is 3. The molecular weight excluding hydrogens is 164 g/mol. The van der Waals surface area contributed by atoms with Crippen LogP contribution in [0.3, 0.4) is 0 Å². The van der Waals surface area contributed by atoms with Crippen molar-refractivity contribution in [3.8, 4) is 0 Å². The minimum absolute atomic E-state index is 0.00352. The first-order chi connectivity index (χ1) is 6.04. The molecular formula is C9H18N4. The Morgan fingerprint density at radius 3 is 2.38 bits per heavy atom. The Kier molecular flexibility index (Phi) is 3.03. The van der Waals surface area contributed by atoms with Crippen LogP contribution in [-0.2, 0) is 0 Å². The highest BCUT2D eigenvalue weighted by molar-refractivity contribution is 5.00. The summed E-state index contributed by atoms with van der Waals surface area (Å²) in [5.74, 6) is 0.541. The van der Waals surface area contributed by atoms with E-state index in [0.29, 0.717) is 12.0 Å². The lowest BCUT2D eigenvalue weighted by Crippen LogP contribution is -2.19. The topological polar surface area (TPSA) is 56.7 Å². The van der Waals surface area contributed by atoms with E-state index in [1.165, 1.54) is 0 Å². The van der Waals surface area contributed by atoms with Gasteiger partial charge < -0.3 is 5.73 Å². The molecule has 1 heterocycles. The molecule has 0 spiro atoms. The minimum Gasteiger partial charge on any atom is -0.323 e. The Balaban J connectivity index is 2.93. The molecule has 1 rings (SSSR count). The molecule has 0 saturated heterocycles. The molecule has 0 aliphatic heterocycles. The maximum absolute atomic E-state index is 5.80. The molecule has 0 saturated carbocycles. The van der Waals surface area contributed by atoms with Gasteiger partial charge in [0, 0.05) is 6.04 Å². The fourth-order valence-electron chi connectivity index (χ4n) is 1.18. The van der Waals surface area contributed by atoms with E-state index in [-0.39, 0.29) is 6.04 Å². The Labute approximate surface area is 79.1 Å². The van der Waals surface area contributed by atoms with Crippen LogP contribution in [0.5, 0.6) is 0 Å². The SMILES string of the molecule is CC(C)C(C)n1nncc1[C@@H](C)N. The van der Waals surface area contributed by atoms with Gasteiger partial charge in [0.25, 0.3) is 0 Å². The molecule has 1 unspecified atom stereocenters. The summed E-state index contributed by atoms with van der Waals surface area (Å²) in [5.41, 5.74) is 6.80. The number of hydrogen-bond acceptors (Lipinski definition) is 3. The molecule has 4 heteroatoms. The summed E-state index contributed by atoms with van der Waals surface area (Å²) >= 11 is 0. The highest BCUT2D eigenvalue weighted by Gasteiger charge is 2.16. The van der Waals surface area contributed by atoms with Gasteiger partial charge in [-0.2, -0.15) is 0 Å². The molecule has 74 valence electrons. The van der Waals surface area contributed by atoms with Crippen LogP contribution in [0, 0.1) is 5.92 Å². The van der Waals surface area contributed by atoms with Gasteiger partial charge in [-0.05, 0) is 19.8 Å². The van der Waals surface area contributed by atoms with E-state index in [2.05, 4.69) is 31.1 Å². The molecule has 0 radical (unpaired) electrons. The Morgan fingerprint density at radius 2 is 1.92 bits per heavy atom. The summed E-state index contributed by atoms with van der Waals surface area (Å²) < 4.78 is 1.91. The van der Waals surface area contributed by atoms with Crippen LogP contribution in [0.1, 0.15) is 45.5 Å². The summed E-state index contributed by atoms with van der Waals surface area (Å²) in [7, 11) is 0. The Morgan fingerprint density at radius 1 is 1.31 bits per heavy atom. The summed E-state index contributed by atoms with van der Waals surface area (Å²) in [4.78, 5) is 0. The fraction of sp³-hybridized carbons (Fsp3) is 0.778. The quantitative estimate of drug-likeness (QED) is 0.771. The second-order valence-electron chi connectivity index (χ2n) is 3.88. The Hall–Kier alpha value is -0.900. The van der Waals surface area contributed by atoms with Crippen molar-refractivity contribution < 1.29 is 0 Å². The molecule has 0 aliphatic rings. The first kappa shape index (κ1) is 10.2.